The third-order valence-corrected chi connectivity index (χ3v) is 5.42. The number of halogens is 2. The van der Waals surface area contributed by atoms with Crippen molar-refractivity contribution in [3.63, 3.8) is 0 Å². The minimum Gasteiger partial charge on any atom is -0.378 e. The van der Waals surface area contributed by atoms with E-state index < -0.39 is 0 Å². The quantitative estimate of drug-likeness (QED) is 0.646. The highest BCUT2D eigenvalue weighted by atomic mass is 35.5. The Hall–Kier alpha value is -1.95. The Labute approximate surface area is 166 Å². The van der Waals surface area contributed by atoms with E-state index in [4.69, 9.17) is 23.2 Å². The van der Waals surface area contributed by atoms with Crippen molar-refractivity contribution in [2.75, 3.05) is 19.0 Å². The van der Waals surface area contributed by atoms with Crippen molar-refractivity contribution >= 4 is 57.9 Å². The zero-order chi connectivity index (χ0) is 18.8. The highest BCUT2D eigenvalue weighted by molar-refractivity contribution is 8.18. The second-order valence-corrected chi connectivity index (χ2v) is 7.83. The molecule has 0 spiro atoms. The number of benzene rings is 2. The molecule has 134 valence electrons. The number of carbonyl (C=O) groups is 2. The molecule has 0 radical (unpaired) electrons. The number of imide groups is 1. The zero-order valence-electron chi connectivity index (χ0n) is 14.2. The third kappa shape index (κ3) is 4.06. The Bertz CT molecular complexity index is 895. The fraction of sp³-hybridized carbons (Fsp3) is 0.158. The molecule has 1 heterocycles. The maximum absolute atomic E-state index is 12.6. The van der Waals surface area contributed by atoms with Crippen LogP contribution in [0.4, 0.5) is 10.5 Å². The standard InChI is InChI=1S/C19H16Cl2N2O2S/c1-22(2)15-7-3-12(4-8-15)9-17-18(24)23(19(25)26-17)11-13-5-6-14(20)10-16(13)21/h3-10H,11H2,1-2H3/b17-9-. The number of amides is 2. The van der Waals surface area contributed by atoms with Crippen LogP contribution in [0.5, 0.6) is 0 Å². The molecule has 26 heavy (non-hydrogen) atoms. The maximum Gasteiger partial charge on any atom is 0.293 e. The molecular formula is C19H16Cl2N2O2S. The summed E-state index contributed by atoms with van der Waals surface area (Å²) < 4.78 is 0. The molecule has 2 aromatic rings. The predicted octanol–water partition coefficient (Wildman–Crippen LogP) is 5.30. The Balaban J connectivity index is 1.79. The van der Waals surface area contributed by atoms with Gasteiger partial charge in [0.05, 0.1) is 11.4 Å². The van der Waals surface area contributed by atoms with Gasteiger partial charge in [-0.3, -0.25) is 14.5 Å². The van der Waals surface area contributed by atoms with E-state index in [1.807, 2.05) is 43.3 Å². The average Bonchev–Trinajstić information content (AvgIpc) is 2.85. The van der Waals surface area contributed by atoms with Crippen LogP contribution in [0.1, 0.15) is 11.1 Å². The average molecular weight is 407 g/mol. The van der Waals surface area contributed by atoms with Crippen molar-refractivity contribution in [1.29, 1.82) is 0 Å². The number of hydrogen-bond donors (Lipinski definition) is 0. The van der Waals surface area contributed by atoms with Crippen LogP contribution in [0, 0.1) is 0 Å². The fourth-order valence-electron chi connectivity index (χ4n) is 2.48. The smallest absolute Gasteiger partial charge is 0.293 e. The van der Waals surface area contributed by atoms with Crippen molar-refractivity contribution < 1.29 is 9.59 Å². The zero-order valence-corrected chi connectivity index (χ0v) is 16.5. The molecule has 1 fully saturated rings. The minimum absolute atomic E-state index is 0.123. The summed E-state index contributed by atoms with van der Waals surface area (Å²) in [6.07, 6.45) is 1.73. The number of hydrogen-bond acceptors (Lipinski definition) is 4. The van der Waals surface area contributed by atoms with Gasteiger partial charge in [0.1, 0.15) is 0 Å². The van der Waals surface area contributed by atoms with Gasteiger partial charge in [-0.05, 0) is 53.2 Å². The van der Waals surface area contributed by atoms with Crippen molar-refractivity contribution in [2.24, 2.45) is 0 Å². The van der Waals surface area contributed by atoms with Crippen molar-refractivity contribution in [1.82, 2.24) is 4.90 Å². The van der Waals surface area contributed by atoms with E-state index in [0.717, 1.165) is 23.0 Å². The van der Waals surface area contributed by atoms with Gasteiger partial charge in [-0.1, -0.05) is 41.4 Å². The predicted molar refractivity (Wildman–Crippen MR) is 109 cm³/mol. The molecule has 2 amide bonds. The lowest BCUT2D eigenvalue weighted by Gasteiger charge is -2.13. The Morgan fingerprint density at radius 3 is 2.38 bits per heavy atom. The SMILES string of the molecule is CN(C)c1ccc(/C=C2\SC(=O)N(Cc3ccc(Cl)cc3Cl)C2=O)cc1. The summed E-state index contributed by atoms with van der Waals surface area (Å²) in [4.78, 5) is 28.5. The van der Waals surface area contributed by atoms with Gasteiger partial charge in [0.2, 0.25) is 0 Å². The van der Waals surface area contributed by atoms with E-state index in [1.165, 1.54) is 4.90 Å². The van der Waals surface area contributed by atoms with Crippen LogP contribution in [0.25, 0.3) is 6.08 Å². The molecule has 1 saturated heterocycles. The van der Waals surface area contributed by atoms with Gasteiger partial charge in [0, 0.05) is 29.8 Å². The van der Waals surface area contributed by atoms with E-state index in [9.17, 15) is 9.59 Å². The minimum atomic E-state index is -0.317. The van der Waals surface area contributed by atoms with Gasteiger partial charge >= 0.3 is 0 Å². The summed E-state index contributed by atoms with van der Waals surface area (Å²) in [7, 11) is 3.92. The van der Waals surface area contributed by atoms with Gasteiger partial charge in [0.25, 0.3) is 11.1 Å². The lowest BCUT2D eigenvalue weighted by atomic mass is 10.1. The first-order chi connectivity index (χ1) is 12.3. The Morgan fingerprint density at radius 2 is 1.77 bits per heavy atom. The molecule has 2 aromatic carbocycles. The summed E-state index contributed by atoms with van der Waals surface area (Å²) in [5.41, 5.74) is 2.60. The summed E-state index contributed by atoms with van der Waals surface area (Å²) in [6, 6.07) is 12.8. The molecule has 7 heteroatoms. The highest BCUT2D eigenvalue weighted by Gasteiger charge is 2.35. The van der Waals surface area contributed by atoms with Crippen LogP contribution in [-0.2, 0) is 11.3 Å². The fourth-order valence-corrected chi connectivity index (χ4v) is 3.78. The van der Waals surface area contributed by atoms with E-state index in [-0.39, 0.29) is 17.7 Å². The van der Waals surface area contributed by atoms with Crippen LogP contribution in [0.2, 0.25) is 10.0 Å². The summed E-state index contributed by atoms with van der Waals surface area (Å²) >= 11 is 13.0. The lowest BCUT2D eigenvalue weighted by molar-refractivity contribution is -0.123. The van der Waals surface area contributed by atoms with Gasteiger partial charge < -0.3 is 4.90 Å². The molecule has 0 aliphatic carbocycles. The van der Waals surface area contributed by atoms with E-state index in [0.29, 0.717) is 20.5 Å². The monoisotopic (exact) mass is 406 g/mol. The highest BCUT2D eigenvalue weighted by Crippen LogP contribution is 2.34. The van der Waals surface area contributed by atoms with Crippen molar-refractivity contribution in [3.05, 3.63) is 68.5 Å². The molecule has 0 aromatic heterocycles. The van der Waals surface area contributed by atoms with Crippen LogP contribution >= 0.6 is 35.0 Å². The van der Waals surface area contributed by atoms with Crippen molar-refractivity contribution in [2.45, 2.75) is 6.54 Å². The molecule has 1 aliphatic heterocycles. The molecule has 0 unspecified atom stereocenters. The first-order valence-corrected chi connectivity index (χ1v) is 9.39. The van der Waals surface area contributed by atoms with Gasteiger partial charge in [-0.15, -0.1) is 0 Å². The largest absolute Gasteiger partial charge is 0.378 e. The molecule has 4 nitrogen and oxygen atoms in total. The van der Waals surface area contributed by atoms with E-state index in [2.05, 4.69) is 0 Å². The first-order valence-electron chi connectivity index (χ1n) is 7.82. The van der Waals surface area contributed by atoms with Gasteiger partial charge in [-0.2, -0.15) is 0 Å². The van der Waals surface area contributed by atoms with Crippen LogP contribution < -0.4 is 4.90 Å². The Morgan fingerprint density at radius 1 is 1.08 bits per heavy atom. The second kappa shape index (κ2) is 7.74. The Kier molecular flexibility index (Phi) is 5.61. The number of carbonyl (C=O) groups excluding carboxylic acids is 2. The lowest BCUT2D eigenvalue weighted by Crippen LogP contribution is -2.27. The molecular weight excluding hydrogens is 391 g/mol. The summed E-state index contributed by atoms with van der Waals surface area (Å²) in [5, 5.41) is 0.630. The van der Waals surface area contributed by atoms with E-state index in [1.54, 1.807) is 24.3 Å². The molecule has 1 aliphatic rings. The van der Waals surface area contributed by atoms with Crippen LogP contribution in [0.15, 0.2) is 47.4 Å². The van der Waals surface area contributed by atoms with Gasteiger partial charge in [-0.25, -0.2) is 0 Å². The topological polar surface area (TPSA) is 40.6 Å². The molecule has 0 saturated carbocycles. The number of nitrogens with zero attached hydrogens (tertiary/aromatic N) is 2. The molecule has 0 atom stereocenters. The molecule has 0 bridgehead atoms. The normalized spacial score (nSPS) is 15.8. The summed E-state index contributed by atoms with van der Waals surface area (Å²) in [5.74, 6) is -0.317. The second-order valence-electron chi connectivity index (χ2n) is 5.99. The molecule has 0 N–H and O–H groups in total. The number of thioether (sulfide) groups is 1. The first kappa shape index (κ1) is 18.8. The van der Waals surface area contributed by atoms with Gasteiger partial charge in [0.15, 0.2) is 0 Å². The van der Waals surface area contributed by atoms with Crippen LogP contribution in [-0.4, -0.2) is 30.1 Å². The number of anilines is 1. The third-order valence-electron chi connectivity index (χ3n) is 3.92. The number of rotatable bonds is 4. The van der Waals surface area contributed by atoms with Crippen LogP contribution in [0.3, 0.4) is 0 Å². The van der Waals surface area contributed by atoms with E-state index >= 15 is 0 Å². The summed E-state index contributed by atoms with van der Waals surface area (Å²) in [6.45, 7) is 0.123. The molecule has 3 rings (SSSR count). The maximum atomic E-state index is 12.6. The van der Waals surface area contributed by atoms with Crippen molar-refractivity contribution in [3.8, 4) is 0 Å².